The van der Waals surface area contributed by atoms with Crippen molar-refractivity contribution in [2.75, 3.05) is 4.90 Å². The zero-order valence-corrected chi connectivity index (χ0v) is 17.1. The van der Waals surface area contributed by atoms with E-state index in [0.29, 0.717) is 23.8 Å². The van der Waals surface area contributed by atoms with Gasteiger partial charge in [0.2, 0.25) is 5.91 Å². The van der Waals surface area contributed by atoms with E-state index in [2.05, 4.69) is 15.1 Å². The molecule has 1 amide bonds. The van der Waals surface area contributed by atoms with Crippen LogP contribution >= 0.6 is 0 Å². The molecule has 1 N–H and O–H groups in total. The molecule has 33 heavy (non-hydrogen) atoms. The van der Waals surface area contributed by atoms with E-state index in [0.717, 1.165) is 23.8 Å². The second-order valence-corrected chi connectivity index (χ2v) is 7.77. The molecular formula is C22H16F5N5O. The molecule has 6 nitrogen and oxygen atoms in total. The number of nitrogens with zero attached hydrogens (tertiary/aromatic N) is 4. The number of benzene rings is 2. The van der Waals surface area contributed by atoms with E-state index >= 15 is 8.78 Å². The molecule has 4 aromatic rings. The summed E-state index contributed by atoms with van der Waals surface area (Å²) in [4.78, 5) is 21.2. The minimum absolute atomic E-state index is 0.0887. The van der Waals surface area contributed by atoms with Crippen LogP contribution in [0.3, 0.4) is 0 Å². The maximum atomic E-state index is 15.2. The number of amides is 1. The van der Waals surface area contributed by atoms with Crippen molar-refractivity contribution in [2.45, 2.75) is 25.7 Å². The lowest BCUT2D eigenvalue weighted by atomic mass is 9.79. The number of H-pyrrole nitrogens is 1. The fourth-order valence-electron chi connectivity index (χ4n) is 4.28. The second kappa shape index (κ2) is 7.39. The molecule has 0 bridgehead atoms. The summed E-state index contributed by atoms with van der Waals surface area (Å²) < 4.78 is 68.6. The molecule has 3 heterocycles. The maximum Gasteiger partial charge on any atom is 0.504 e. The number of carbonyl (C=O) groups is 1. The van der Waals surface area contributed by atoms with Gasteiger partial charge in [-0.15, -0.1) is 13.2 Å². The van der Waals surface area contributed by atoms with Crippen LogP contribution < -0.4 is 4.90 Å². The van der Waals surface area contributed by atoms with Crippen LogP contribution in [0.25, 0.3) is 22.2 Å². The average molecular weight is 461 g/mol. The molecule has 0 saturated carbocycles. The molecule has 11 heteroatoms. The number of hydrogen-bond acceptors (Lipinski definition) is 3. The van der Waals surface area contributed by atoms with Crippen LogP contribution in [0.5, 0.6) is 0 Å². The molecule has 0 aliphatic carbocycles. The molecule has 0 radical (unpaired) electrons. The van der Waals surface area contributed by atoms with Crippen LogP contribution in [-0.4, -0.2) is 25.7 Å². The standard InChI is InChI=1S/C22H16F5N5O/c1-2-14-20(32(21(14)33)13-3-4-17-18(7-13)29-10-28-17)19-15(23)5-11(6-16(19)24)12-8-30-31(9-12)22(25,26)27/h3-10,14,20H,2H2,1H3,(H,28,29). The van der Waals surface area contributed by atoms with E-state index in [4.69, 9.17) is 0 Å². The summed E-state index contributed by atoms with van der Waals surface area (Å²) in [5, 5.41) is 3.20. The zero-order chi connectivity index (χ0) is 23.5. The van der Waals surface area contributed by atoms with Crippen molar-refractivity contribution < 1.29 is 26.7 Å². The Kier molecular flexibility index (Phi) is 4.73. The molecule has 2 unspecified atom stereocenters. The van der Waals surface area contributed by atoms with Gasteiger partial charge in [-0.2, -0.15) is 9.78 Å². The first-order chi connectivity index (χ1) is 15.7. The number of alkyl halides is 3. The van der Waals surface area contributed by atoms with Crippen LogP contribution in [0, 0.1) is 17.6 Å². The van der Waals surface area contributed by atoms with Crippen LogP contribution in [0.2, 0.25) is 0 Å². The monoisotopic (exact) mass is 461 g/mol. The predicted molar refractivity (Wildman–Crippen MR) is 109 cm³/mol. The smallest absolute Gasteiger partial charge is 0.345 e. The number of rotatable bonds is 4. The highest BCUT2D eigenvalue weighted by molar-refractivity contribution is 6.04. The quantitative estimate of drug-likeness (QED) is 0.332. The lowest BCUT2D eigenvalue weighted by Gasteiger charge is -2.47. The van der Waals surface area contributed by atoms with Gasteiger partial charge in [-0.25, -0.2) is 13.8 Å². The predicted octanol–water partition coefficient (Wildman–Crippen LogP) is 5.30. The topological polar surface area (TPSA) is 66.8 Å². The van der Waals surface area contributed by atoms with E-state index < -0.39 is 29.9 Å². The van der Waals surface area contributed by atoms with Crippen molar-refractivity contribution in [1.29, 1.82) is 0 Å². The lowest BCUT2D eigenvalue weighted by Crippen LogP contribution is -2.55. The lowest BCUT2D eigenvalue weighted by molar-refractivity contribution is -0.212. The summed E-state index contributed by atoms with van der Waals surface area (Å²) in [5.41, 5.74) is 1.30. The molecule has 2 aromatic carbocycles. The van der Waals surface area contributed by atoms with Crippen LogP contribution in [0.1, 0.15) is 24.9 Å². The average Bonchev–Trinajstić information content (AvgIpc) is 3.42. The van der Waals surface area contributed by atoms with Crippen molar-refractivity contribution in [1.82, 2.24) is 19.7 Å². The number of β-lactam (4-membered cyclic amide) rings is 1. The molecule has 1 saturated heterocycles. The number of nitrogens with one attached hydrogen (secondary N) is 1. The first kappa shape index (κ1) is 21.1. The third-order valence-corrected chi connectivity index (χ3v) is 5.89. The van der Waals surface area contributed by atoms with Crippen LogP contribution in [0.15, 0.2) is 49.1 Å². The van der Waals surface area contributed by atoms with Crippen molar-refractivity contribution in [3.63, 3.8) is 0 Å². The van der Waals surface area contributed by atoms with Gasteiger partial charge in [-0.05, 0) is 42.3 Å². The number of carbonyl (C=O) groups excluding carboxylic acids is 1. The Labute approximate surface area is 183 Å². The second-order valence-electron chi connectivity index (χ2n) is 7.77. The Morgan fingerprint density at radius 1 is 1.09 bits per heavy atom. The van der Waals surface area contributed by atoms with Gasteiger partial charge in [0, 0.05) is 23.0 Å². The maximum absolute atomic E-state index is 15.2. The summed E-state index contributed by atoms with van der Waals surface area (Å²) in [6.45, 7) is 1.75. The number of halogens is 5. The number of anilines is 1. The number of hydrogen-bond donors (Lipinski definition) is 1. The molecule has 1 aliphatic rings. The Balaban J connectivity index is 1.55. The highest BCUT2D eigenvalue weighted by atomic mass is 19.4. The van der Waals surface area contributed by atoms with E-state index in [-0.39, 0.29) is 27.3 Å². The van der Waals surface area contributed by atoms with Gasteiger partial charge in [0.15, 0.2) is 0 Å². The molecule has 170 valence electrons. The van der Waals surface area contributed by atoms with Gasteiger partial charge in [0.25, 0.3) is 0 Å². The van der Waals surface area contributed by atoms with E-state index in [9.17, 15) is 18.0 Å². The first-order valence-corrected chi connectivity index (χ1v) is 10.1. The largest absolute Gasteiger partial charge is 0.504 e. The van der Waals surface area contributed by atoms with Gasteiger partial charge in [-0.1, -0.05) is 6.92 Å². The van der Waals surface area contributed by atoms with Gasteiger partial charge < -0.3 is 9.88 Å². The van der Waals surface area contributed by atoms with Crippen molar-refractivity contribution in [2.24, 2.45) is 5.92 Å². The van der Waals surface area contributed by atoms with Crippen molar-refractivity contribution in [3.05, 3.63) is 66.3 Å². The Hall–Kier alpha value is -3.76. The Bertz CT molecular complexity index is 1350. The van der Waals surface area contributed by atoms with Gasteiger partial charge in [0.05, 0.1) is 35.5 Å². The summed E-state index contributed by atoms with van der Waals surface area (Å²) in [6.07, 6.45) is -1.34. The van der Waals surface area contributed by atoms with Crippen molar-refractivity contribution >= 4 is 22.6 Å². The normalized spacial score (nSPS) is 18.7. The summed E-state index contributed by atoms with van der Waals surface area (Å²) in [5.74, 6) is -2.81. The minimum atomic E-state index is -4.74. The fourth-order valence-corrected chi connectivity index (χ4v) is 4.28. The summed E-state index contributed by atoms with van der Waals surface area (Å²) >= 11 is 0. The Morgan fingerprint density at radius 2 is 1.82 bits per heavy atom. The van der Waals surface area contributed by atoms with Crippen LogP contribution in [0.4, 0.5) is 27.6 Å². The molecule has 2 aromatic heterocycles. The molecular weight excluding hydrogens is 445 g/mol. The third kappa shape index (κ3) is 3.35. The van der Waals surface area contributed by atoms with Crippen LogP contribution in [-0.2, 0) is 11.1 Å². The number of imidazole rings is 1. The summed E-state index contributed by atoms with van der Waals surface area (Å²) in [6, 6.07) is 6.05. The fraction of sp³-hybridized carbons (Fsp3) is 0.227. The highest BCUT2D eigenvalue weighted by Crippen LogP contribution is 2.47. The molecule has 0 spiro atoms. The molecule has 1 aliphatic heterocycles. The van der Waals surface area contributed by atoms with E-state index in [1.807, 2.05) is 0 Å². The molecule has 5 rings (SSSR count). The number of fused-ring (bicyclic) bond motifs is 1. The SMILES string of the molecule is CCC1C(=O)N(c2ccc3[nH]cnc3c2)C1c1c(F)cc(-c2cnn(C(F)(F)F)c2)cc1F. The Morgan fingerprint density at radius 3 is 2.45 bits per heavy atom. The third-order valence-electron chi connectivity index (χ3n) is 5.89. The van der Waals surface area contributed by atoms with Gasteiger partial charge >= 0.3 is 6.30 Å². The zero-order valence-electron chi connectivity index (χ0n) is 17.1. The van der Waals surface area contributed by atoms with E-state index in [1.165, 1.54) is 11.2 Å². The highest BCUT2D eigenvalue weighted by Gasteiger charge is 2.50. The van der Waals surface area contributed by atoms with Gasteiger partial charge in [-0.3, -0.25) is 4.79 Å². The molecule has 1 fully saturated rings. The van der Waals surface area contributed by atoms with Crippen molar-refractivity contribution in [3.8, 4) is 11.1 Å². The van der Waals surface area contributed by atoms with Gasteiger partial charge in [0.1, 0.15) is 11.6 Å². The first-order valence-electron chi connectivity index (χ1n) is 10.1. The number of aromatic nitrogens is 4. The summed E-state index contributed by atoms with van der Waals surface area (Å²) in [7, 11) is 0. The minimum Gasteiger partial charge on any atom is -0.345 e. The van der Waals surface area contributed by atoms with E-state index in [1.54, 1.807) is 25.1 Å². The molecule has 2 atom stereocenters. The number of aromatic amines is 1.